The summed E-state index contributed by atoms with van der Waals surface area (Å²) in [4.78, 5) is 23.7. The molecule has 0 heterocycles. The summed E-state index contributed by atoms with van der Waals surface area (Å²) >= 11 is 0. The van der Waals surface area contributed by atoms with E-state index in [4.69, 9.17) is 4.74 Å². The smallest absolute Gasteiger partial charge is 0.408 e. The molecule has 0 aliphatic heterocycles. The summed E-state index contributed by atoms with van der Waals surface area (Å²) in [6, 6.07) is -0.503. The van der Waals surface area contributed by atoms with Crippen molar-refractivity contribution in [2.45, 2.75) is 46.3 Å². The molecule has 0 radical (unpaired) electrons. The molecule has 0 saturated carbocycles. The highest BCUT2D eigenvalue weighted by atomic mass is 32.2. The summed E-state index contributed by atoms with van der Waals surface area (Å²) in [5.41, 5.74) is -0.560. The molecule has 0 rings (SSSR count). The lowest BCUT2D eigenvalue weighted by Gasteiger charge is -2.25. The molecule has 0 aromatic carbocycles. The number of Topliss-reactive ketones (excluding diaryl/α,β-unsaturated/α-hetero) is 1. The average Bonchev–Trinajstić information content (AvgIpc) is 2.09. The molecule has 0 spiro atoms. The number of alkyl carbamates (subject to hydrolysis) is 1. The molecule has 0 aliphatic rings. The monoisotopic (exact) mass is 275 g/mol. The number of carbonyl (C=O) groups is 2. The van der Waals surface area contributed by atoms with Gasteiger partial charge in [0.15, 0.2) is 5.78 Å². The number of ketones is 1. The van der Waals surface area contributed by atoms with Crippen LogP contribution in [0.4, 0.5) is 4.79 Å². The number of carbonyl (C=O) groups excluding carboxylic acids is 2. The van der Waals surface area contributed by atoms with Gasteiger partial charge in [-0.1, -0.05) is 19.7 Å². The van der Waals surface area contributed by atoms with Crippen LogP contribution < -0.4 is 5.32 Å². The lowest BCUT2D eigenvalue weighted by molar-refractivity contribution is -0.119. The SMILES string of the molecule is C=S(C)CC(=O)[C@@H](NC(=O)OC(C)(C)C)C(C)C. The molecule has 2 atom stereocenters. The van der Waals surface area contributed by atoms with Gasteiger partial charge < -0.3 is 10.1 Å². The van der Waals surface area contributed by atoms with Gasteiger partial charge >= 0.3 is 6.09 Å². The van der Waals surface area contributed by atoms with Gasteiger partial charge in [0.1, 0.15) is 5.60 Å². The summed E-state index contributed by atoms with van der Waals surface area (Å²) in [6.07, 6.45) is 1.36. The van der Waals surface area contributed by atoms with Gasteiger partial charge in [-0.2, -0.15) is 10.5 Å². The normalized spacial score (nSPS) is 15.1. The quantitative estimate of drug-likeness (QED) is 0.784. The largest absolute Gasteiger partial charge is 0.444 e. The number of nitrogens with one attached hydrogen (secondary N) is 1. The predicted molar refractivity (Wildman–Crippen MR) is 78.5 cm³/mol. The number of hydrogen-bond acceptors (Lipinski definition) is 3. The van der Waals surface area contributed by atoms with E-state index in [1.807, 2.05) is 20.1 Å². The van der Waals surface area contributed by atoms with E-state index in [-0.39, 0.29) is 22.2 Å². The second kappa shape index (κ2) is 6.92. The fourth-order valence-corrected chi connectivity index (χ4v) is 2.05. The first-order chi connectivity index (χ1) is 8.03. The van der Waals surface area contributed by atoms with Gasteiger partial charge in [0, 0.05) is 5.75 Å². The van der Waals surface area contributed by atoms with Crippen LogP contribution in [0.3, 0.4) is 0 Å². The van der Waals surface area contributed by atoms with Crippen molar-refractivity contribution in [2.75, 3.05) is 12.0 Å². The Hall–Kier alpha value is -0.840. The van der Waals surface area contributed by atoms with E-state index in [9.17, 15) is 9.59 Å². The van der Waals surface area contributed by atoms with Crippen LogP contribution in [0.1, 0.15) is 34.6 Å². The fraction of sp³-hybridized carbons (Fsp3) is 0.769. The van der Waals surface area contributed by atoms with Crippen molar-refractivity contribution in [3.8, 4) is 0 Å². The molecule has 4 nitrogen and oxygen atoms in total. The van der Waals surface area contributed by atoms with E-state index in [0.29, 0.717) is 5.75 Å². The van der Waals surface area contributed by atoms with E-state index in [1.54, 1.807) is 20.8 Å². The number of rotatable bonds is 5. The standard InChI is InChI=1S/C13H25NO3S/c1-9(2)11(10(15)8-18(6)7)14-12(16)17-13(3,4)5/h9,11H,6,8H2,1-5,7H3,(H,14,16)/t11-,18?/m0/s1. The molecule has 0 bridgehead atoms. The highest BCUT2D eigenvalue weighted by molar-refractivity contribution is 8.14. The van der Waals surface area contributed by atoms with Crippen LogP contribution in [-0.4, -0.2) is 41.4 Å². The lowest BCUT2D eigenvalue weighted by Crippen LogP contribution is -2.47. The van der Waals surface area contributed by atoms with Gasteiger partial charge in [-0.3, -0.25) is 4.79 Å². The van der Waals surface area contributed by atoms with E-state index >= 15 is 0 Å². The van der Waals surface area contributed by atoms with Crippen molar-refractivity contribution in [1.29, 1.82) is 0 Å². The van der Waals surface area contributed by atoms with Crippen LogP contribution in [0.2, 0.25) is 0 Å². The predicted octanol–water partition coefficient (Wildman–Crippen LogP) is 2.44. The highest BCUT2D eigenvalue weighted by Crippen LogP contribution is 2.12. The van der Waals surface area contributed by atoms with E-state index in [1.165, 1.54) is 0 Å². The number of ether oxygens (including phenoxy) is 1. The fourth-order valence-electron chi connectivity index (χ4n) is 1.39. The summed E-state index contributed by atoms with van der Waals surface area (Å²) in [5, 5.41) is 2.64. The summed E-state index contributed by atoms with van der Waals surface area (Å²) < 4.78 is 5.16. The number of hydrogen-bond donors (Lipinski definition) is 1. The molecular weight excluding hydrogens is 250 g/mol. The van der Waals surface area contributed by atoms with Crippen molar-refractivity contribution in [1.82, 2.24) is 5.32 Å². The molecule has 1 amide bonds. The Morgan fingerprint density at radius 3 is 2.17 bits per heavy atom. The number of amides is 1. The van der Waals surface area contributed by atoms with Crippen molar-refractivity contribution in [3.63, 3.8) is 0 Å². The molecule has 1 unspecified atom stereocenters. The Morgan fingerprint density at radius 1 is 1.33 bits per heavy atom. The molecular formula is C13H25NO3S. The van der Waals surface area contributed by atoms with Gasteiger partial charge in [-0.15, -0.1) is 0 Å². The maximum Gasteiger partial charge on any atom is 0.408 e. The molecule has 5 heteroatoms. The first kappa shape index (κ1) is 17.2. The summed E-state index contributed by atoms with van der Waals surface area (Å²) in [6.45, 7) is 9.17. The van der Waals surface area contributed by atoms with Gasteiger partial charge in [-0.25, -0.2) is 4.79 Å². The van der Waals surface area contributed by atoms with Crippen LogP contribution in [0.5, 0.6) is 0 Å². The molecule has 106 valence electrons. The minimum Gasteiger partial charge on any atom is -0.444 e. The summed E-state index contributed by atoms with van der Waals surface area (Å²) in [5.74, 6) is 4.26. The third kappa shape index (κ3) is 7.48. The van der Waals surface area contributed by atoms with E-state index in [0.717, 1.165) is 0 Å². The summed E-state index contributed by atoms with van der Waals surface area (Å²) in [7, 11) is -0.208. The minimum atomic E-state index is -0.560. The van der Waals surface area contributed by atoms with Crippen LogP contribution in [0, 0.1) is 5.92 Å². The van der Waals surface area contributed by atoms with Crippen molar-refractivity contribution >= 4 is 28.2 Å². The van der Waals surface area contributed by atoms with Crippen molar-refractivity contribution in [3.05, 3.63) is 0 Å². The zero-order valence-corrected chi connectivity index (χ0v) is 13.0. The molecule has 0 aromatic heterocycles. The van der Waals surface area contributed by atoms with Gasteiger partial charge in [0.2, 0.25) is 0 Å². The van der Waals surface area contributed by atoms with Crippen LogP contribution in [0.15, 0.2) is 0 Å². The van der Waals surface area contributed by atoms with Crippen LogP contribution in [0.25, 0.3) is 0 Å². The second-order valence-electron chi connectivity index (χ2n) is 5.76. The van der Waals surface area contributed by atoms with E-state index in [2.05, 4.69) is 11.2 Å². The Labute approximate surface area is 112 Å². The Bertz CT molecular complexity index is 332. The highest BCUT2D eigenvalue weighted by Gasteiger charge is 2.26. The van der Waals surface area contributed by atoms with Gasteiger partial charge in [0.05, 0.1) is 6.04 Å². The Balaban J connectivity index is 4.59. The third-order valence-electron chi connectivity index (χ3n) is 2.07. The zero-order valence-electron chi connectivity index (χ0n) is 12.2. The van der Waals surface area contributed by atoms with Crippen LogP contribution in [-0.2, 0) is 9.53 Å². The first-order valence-corrected chi connectivity index (χ1v) is 7.94. The molecule has 18 heavy (non-hydrogen) atoms. The molecule has 0 aromatic rings. The third-order valence-corrected chi connectivity index (χ3v) is 2.85. The Kier molecular flexibility index (Phi) is 6.60. The first-order valence-electron chi connectivity index (χ1n) is 5.97. The molecule has 1 N–H and O–H groups in total. The van der Waals surface area contributed by atoms with E-state index < -0.39 is 17.7 Å². The van der Waals surface area contributed by atoms with Crippen molar-refractivity contribution in [2.24, 2.45) is 5.92 Å². The lowest BCUT2D eigenvalue weighted by atomic mass is 10.0. The minimum absolute atomic E-state index is 0.0108. The maximum absolute atomic E-state index is 12.0. The zero-order chi connectivity index (χ0) is 14.5. The molecule has 0 saturated heterocycles. The Morgan fingerprint density at radius 2 is 1.83 bits per heavy atom. The van der Waals surface area contributed by atoms with Crippen LogP contribution >= 0.6 is 10.5 Å². The molecule has 0 aliphatic carbocycles. The van der Waals surface area contributed by atoms with Gasteiger partial charge in [-0.05, 0) is 32.9 Å². The molecule has 0 fully saturated rings. The topological polar surface area (TPSA) is 55.4 Å². The van der Waals surface area contributed by atoms with Gasteiger partial charge in [0.25, 0.3) is 0 Å². The van der Waals surface area contributed by atoms with Crippen molar-refractivity contribution < 1.29 is 14.3 Å². The maximum atomic E-state index is 12.0. The average molecular weight is 275 g/mol. The second-order valence-corrected chi connectivity index (χ2v) is 7.61.